The fourth-order valence-electron chi connectivity index (χ4n) is 2.02. The normalized spacial score (nSPS) is 13.6. The monoisotopic (exact) mass is 332 g/mol. The van der Waals surface area contributed by atoms with Gasteiger partial charge >= 0.3 is 5.97 Å². The average Bonchev–Trinajstić information content (AvgIpc) is 2.54. The summed E-state index contributed by atoms with van der Waals surface area (Å²) in [5.74, 6) is -0.773. The third kappa shape index (κ3) is 16.5. The quantitative estimate of drug-likeness (QED) is 0.333. The first-order valence-electron chi connectivity index (χ1n) is 8.76. The minimum absolute atomic E-state index is 0.176. The van der Waals surface area contributed by atoms with Crippen LogP contribution < -0.4 is 0 Å². The van der Waals surface area contributed by atoms with Crippen molar-refractivity contribution in [3.05, 3.63) is 60.8 Å². The van der Waals surface area contributed by atoms with Crippen molar-refractivity contribution in [2.24, 2.45) is 0 Å². The van der Waals surface area contributed by atoms with Crippen molar-refractivity contribution in [3.8, 4) is 0 Å². The van der Waals surface area contributed by atoms with E-state index in [1.165, 1.54) is 0 Å². The molecule has 134 valence electrons. The molecule has 0 fully saturated rings. The molecule has 0 amide bonds. The maximum Gasteiger partial charge on any atom is 0.303 e. The summed E-state index contributed by atoms with van der Waals surface area (Å²) in [5, 5.41) is 18.4. The molecule has 24 heavy (non-hydrogen) atoms. The molecule has 3 nitrogen and oxygen atoms in total. The van der Waals surface area contributed by atoms with Crippen molar-refractivity contribution < 1.29 is 15.0 Å². The van der Waals surface area contributed by atoms with Gasteiger partial charge in [0.25, 0.3) is 0 Å². The number of carboxylic acids is 1. The number of hydrogen-bond acceptors (Lipinski definition) is 2. The highest BCUT2D eigenvalue weighted by molar-refractivity contribution is 5.66. The van der Waals surface area contributed by atoms with Crippen molar-refractivity contribution in [1.29, 1.82) is 0 Å². The zero-order chi connectivity index (χ0) is 18.0. The number of carboxylic acid groups (broad SMARTS) is 1. The summed E-state index contributed by atoms with van der Waals surface area (Å²) in [7, 11) is 0. The molecule has 1 atom stereocenters. The predicted molar refractivity (Wildman–Crippen MR) is 102 cm³/mol. The molecule has 0 radical (unpaired) electrons. The lowest BCUT2D eigenvalue weighted by Crippen LogP contribution is -2.02. The van der Waals surface area contributed by atoms with Gasteiger partial charge in [-0.3, -0.25) is 4.79 Å². The number of hydrogen-bond donors (Lipinski definition) is 2. The Labute approximate surface area is 146 Å². The van der Waals surface area contributed by atoms with E-state index in [9.17, 15) is 9.90 Å². The number of aliphatic hydroxyl groups is 1. The van der Waals surface area contributed by atoms with E-state index in [0.29, 0.717) is 19.3 Å². The van der Waals surface area contributed by atoms with E-state index in [1.54, 1.807) is 6.08 Å². The van der Waals surface area contributed by atoms with Crippen molar-refractivity contribution in [2.45, 2.75) is 64.4 Å². The van der Waals surface area contributed by atoms with Crippen LogP contribution in [0.1, 0.15) is 58.3 Å². The van der Waals surface area contributed by atoms with Crippen LogP contribution in [0, 0.1) is 0 Å². The molecule has 0 unspecified atom stereocenters. The summed E-state index contributed by atoms with van der Waals surface area (Å²) in [5.41, 5.74) is 1.00. The topological polar surface area (TPSA) is 57.5 Å². The van der Waals surface area contributed by atoms with Crippen LogP contribution in [0.25, 0.3) is 0 Å². The van der Waals surface area contributed by atoms with E-state index < -0.39 is 12.1 Å². The van der Waals surface area contributed by atoms with Crippen molar-refractivity contribution in [3.63, 3.8) is 0 Å². The van der Waals surface area contributed by atoms with E-state index in [4.69, 9.17) is 5.11 Å². The van der Waals surface area contributed by atoms with Gasteiger partial charge in [-0.2, -0.15) is 0 Å². The molecular formula is C21H32O3. The molecule has 0 aromatic rings. The van der Waals surface area contributed by atoms with E-state index >= 15 is 0 Å². The van der Waals surface area contributed by atoms with Crippen LogP contribution >= 0.6 is 0 Å². The third-order valence-electron chi connectivity index (χ3n) is 3.41. The van der Waals surface area contributed by atoms with Gasteiger partial charge < -0.3 is 10.2 Å². The van der Waals surface area contributed by atoms with Crippen LogP contribution in [0.15, 0.2) is 60.8 Å². The molecule has 0 aromatic carbocycles. The van der Waals surface area contributed by atoms with Gasteiger partial charge in [0.05, 0.1) is 6.10 Å². The first-order valence-corrected chi connectivity index (χ1v) is 8.76. The Bertz CT molecular complexity index is 456. The van der Waals surface area contributed by atoms with Gasteiger partial charge in [-0.25, -0.2) is 0 Å². The molecule has 0 rings (SSSR count). The van der Waals surface area contributed by atoms with Crippen LogP contribution in [0.4, 0.5) is 0 Å². The highest BCUT2D eigenvalue weighted by Gasteiger charge is 2.02. The number of carbonyl (C=O) groups is 1. The fourth-order valence-corrected chi connectivity index (χ4v) is 2.02. The molecule has 0 saturated carbocycles. The van der Waals surface area contributed by atoms with Crippen LogP contribution in [0.2, 0.25) is 0 Å². The molecule has 0 aliphatic heterocycles. The van der Waals surface area contributed by atoms with Crippen LogP contribution in [0.3, 0.4) is 0 Å². The molecular weight excluding hydrogens is 300 g/mol. The van der Waals surface area contributed by atoms with Crippen LogP contribution in [-0.2, 0) is 4.79 Å². The van der Waals surface area contributed by atoms with E-state index in [0.717, 1.165) is 31.3 Å². The second-order valence-corrected chi connectivity index (χ2v) is 5.74. The Kier molecular flexibility index (Phi) is 14.8. The standard InChI is InChI=1S/C21H32O3/c1-3-4-5-6-7-8-9-10-11-12-15-20(22)18-17-19(2)14-13-16-21(23)24/h4-5,7-8,10-12,15,20,22H,2-3,6,9,13-14,16-18H2,1H3,(H,23,24)/b5-4-,8-7-,11-10-,15-12+/t20-/m0/s1. The van der Waals surface area contributed by atoms with E-state index in [1.807, 2.05) is 18.2 Å². The highest BCUT2D eigenvalue weighted by atomic mass is 16.4. The van der Waals surface area contributed by atoms with Crippen molar-refractivity contribution in [1.82, 2.24) is 0 Å². The molecule has 2 N–H and O–H groups in total. The predicted octanol–water partition coefficient (Wildman–Crippen LogP) is 5.35. The minimum Gasteiger partial charge on any atom is -0.481 e. The summed E-state index contributed by atoms with van der Waals surface area (Å²) < 4.78 is 0. The Morgan fingerprint density at radius 2 is 1.67 bits per heavy atom. The van der Waals surface area contributed by atoms with Crippen molar-refractivity contribution in [2.75, 3.05) is 0 Å². The molecule has 0 aliphatic carbocycles. The van der Waals surface area contributed by atoms with E-state index in [2.05, 4.69) is 37.8 Å². The number of aliphatic carboxylic acids is 1. The average molecular weight is 332 g/mol. The fraction of sp³-hybridized carbons (Fsp3) is 0.476. The summed E-state index contributed by atoms with van der Waals surface area (Å²) in [6.45, 7) is 6.05. The summed E-state index contributed by atoms with van der Waals surface area (Å²) in [4.78, 5) is 10.4. The van der Waals surface area contributed by atoms with Gasteiger partial charge in [-0.1, -0.05) is 67.7 Å². The third-order valence-corrected chi connectivity index (χ3v) is 3.41. The lowest BCUT2D eigenvalue weighted by molar-refractivity contribution is -0.137. The number of rotatable bonds is 14. The first kappa shape index (κ1) is 22.1. The molecule has 0 heterocycles. The number of allylic oxidation sites excluding steroid dienone is 8. The number of aliphatic hydroxyl groups excluding tert-OH is 1. The highest BCUT2D eigenvalue weighted by Crippen LogP contribution is 2.13. The maximum atomic E-state index is 10.4. The maximum absolute atomic E-state index is 10.4. The Morgan fingerprint density at radius 1 is 1.00 bits per heavy atom. The van der Waals surface area contributed by atoms with Gasteiger partial charge in [0.15, 0.2) is 0 Å². The lowest BCUT2D eigenvalue weighted by Gasteiger charge is -2.07. The van der Waals surface area contributed by atoms with Gasteiger partial charge in [0.1, 0.15) is 0 Å². The SMILES string of the molecule is C=C(CCCC(=O)O)CC[C@@H](O)/C=C/C=C\C/C=C\C/C=C\CC. The summed E-state index contributed by atoms with van der Waals surface area (Å²) >= 11 is 0. The Morgan fingerprint density at radius 3 is 2.33 bits per heavy atom. The smallest absolute Gasteiger partial charge is 0.303 e. The Balaban J connectivity index is 3.75. The molecule has 3 heteroatoms. The minimum atomic E-state index is -0.773. The summed E-state index contributed by atoms with van der Waals surface area (Å²) in [6, 6.07) is 0. The van der Waals surface area contributed by atoms with Gasteiger partial charge in [0, 0.05) is 6.42 Å². The first-order chi connectivity index (χ1) is 11.6. The molecule has 0 bridgehead atoms. The van der Waals surface area contributed by atoms with E-state index in [-0.39, 0.29) is 6.42 Å². The van der Waals surface area contributed by atoms with Crippen molar-refractivity contribution >= 4 is 5.97 Å². The largest absolute Gasteiger partial charge is 0.481 e. The van der Waals surface area contributed by atoms with Crippen LogP contribution in [-0.4, -0.2) is 22.3 Å². The zero-order valence-electron chi connectivity index (χ0n) is 14.9. The van der Waals surface area contributed by atoms with Gasteiger partial charge in [-0.15, -0.1) is 0 Å². The van der Waals surface area contributed by atoms with Gasteiger partial charge in [0.2, 0.25) is 0 Å². The zero-order valence-corrected chi connectivity index (χ0v) is 14.9. The second-order valence-electron chi connectivity index (χ2n) is 5.74. The molecule has 0 aromatic heterocycles. The van der Waals surface area contributed by atoms with Crippen LogP contribution in [0.5, 0.6) is 0 Å². The Hall–Kier alpha value is -1.87. The van der Waals surface area contributed by atoms with Gasteiger partial charge in [-0.05, 0) is 44.9 Å². The second kappa shape index (κ2) is 16.0. The molecule has 0 aliphatic rings. The summed E-state index contributed by atoms with van der Waals surface area (Å²) in [6.07, 6.45) is 21.5. The lowest BCUT2D eigenvalue weighted by atomic mass is 10.0. The molecule has 0 spiro atoms. The molecule has 0 saturated heterocycles.